The lowest BCUT2D eigenvalue weighted by Crippen LogP contribution is -2.24. The lowest BCUT2D eigenvalue weighted by Gasteiger charge is -2.06. The van der Waals surface area contributed by atoms with Crippen LogP contribution in [0.3, 0.4) is 0 Å². The van der Waals surface area contributed by atoms with Gasteiger partial charge in [0.05, 0.1) is 23.8 Å². The van der Waals surface area contributed by atoms with Crippen LogP contribution in [0.1, 0.15) is 12.5 Å². The van der Waals surface area contributed by atoms with Gasteiger partial charge in [-0.3, -0.25) is 14.9 Å². The molecule has 9 nitrogen and oxygen atoms in total. The minimum Gasteiger partial charge on any atom is -0.504 e. The smallest absolute Gasteiger partial charge is 0.277 e. The van der Waals surface area contributed by atoms with E-state index in [4.69, 9.17) is 9.47 Å². The topological polar surface area (TPSA) is 123 Å². The molecule has 0 fully saturated rings. The number of phenols is 1. The highest BCUT2D eigenvalue weighted by Gasteiger charge is 2.08. The summed E-state index contributed by atoms with van der Waals surface area (Å²) in [5.74, 6) is 0.00459. The van der Waals surface area contributed by atoms with Gasteiger partial charge < -0.3 is 14.6 Å². The third kappa shape index (κ3) is 5.48. The van der Waals surface area contributed by atoms with Crippen LogP contribution in [0.5, 0.6) is 17.2 Å². The summed E-state index contributed by atoms with van der Waals surface area (Å²) in [4.78, 5) is 21.8. The van der Waals surface area contributed by atoms with E-state index in [0.29, 0.717) is 17.9 Å². The number of nitro benzene ring substituents is 1. The van der Waals surface area contributed by atoms with Gasteiger partial charge in [-0.15, -0.1) is 0 Å². The summed E-state index contributed by atoms with van der Waals surface area (Å²) >= 11 is 0. The van der Waals surface area contributed by atoms with Crippen molar-refractivity contribution in [2.75, 3.05) is 13.2 Å². The molecule has 0 heterocycles. The van der Waals surface area contributed by atoms with Crippen LogP contribution in [0.4, 0.5) is 5.69 Å². The van der Waals surface area contributed by atoms with Gasteiger partial charge in [-0.05, 0) is 36.8 Å². The molecule has 0 saturated carbocycles. The summed E-state index contributed by atoms with van der Waals surface area (Å²) in [6.45, 7) is 1.85. The van der Waals surface area contributed by atoms with Crippen molar-refractivity contribution in [3.05, 3.63) is 58.1 Å². The average Bonchev–Trinajstić information content (AvgIpc) is 2.63. The zero-order valence-corrected chi connectivity index (χ0v) is 13.9. The third-order valence-corrected chi connectivity index (χ3v) is 3.08. The normalized spacial score (nSPS) is 10.5. The molecular weight excluding hydrogens is 342 g/mol. The van der Waals surface area contributed by atoms with E-state index in [1.807, 2.05) is 0 Å². The highest BCUT2D eigenvalue weighted by atomic mass is 16.6. The van der Waals surface area contributed by atoms with Gasteiger partial charge in [0, 0.05) is 6.07 Å². The number of hydrogen-bond acceptors (Lipinski definition) is 7. The predicted octanol–water partition coefficient (Wildman–Crippen LogP) is 2.23. The van der Waals surface area contributed by atoms with Gasteiger partial charge in [0.2, 0.25) is 0 Å². The highest BCUT2D eigenvalue weighted by molar-refractivity contribution is 5.83. The second-order valence-corrected chi connectivity index (χ2v) is 5.00. The van der Waals surface area contributed by atoms with Gasteiger partial charge >= 0.3 is 0 Å². The third-order valence-electron chi connectivity index (χ3n) is 3.08. The quantitative estimate of drug-likeness (QED) is 0.423. The molecule has 2 N–H and O–H groups in total. The van der Waals surface area contributed by atoms with Crippen LogP contribution in [-0.4, -0.2) is 35.4 Å². The Morgan fingerprint density at radius 1 is 1.31 bits per heavy atom. The number of amides is 1. The molecular formula is C17H17N3O6. The van der Waals surface area contributed by atoms with E-state index in [-0.39, 0.29) is 23.8 Å². The number of ether oxygens (including phenoxy) is 2. The first-order chi connectivity index (χ1) is 12.5. The summed E-state index contributed by atoms with van der Waals surface area (Å²) in [6.07, 6.45) is 1.38. The van der Waals surface area contributed by atoms with E-state index >= 15 is 0 Å². The van der Waals surface area contributed by atoms with Crippen molar-refractivity contribution in [3.8, 4) is 17.2 Å². The zero-order chi connectivity index (χ0) is 18.9. The number of nitro groups is 1. The zero-order valence-electron chi connectivity index (χ0n) is 13.9. The molecule has 0 aliphatic carbocycles. The van der Waals surface area contributed by atoms with Crippen LogP contribution < -0.4 is 14.9 Å². The maximum absolute atomic E-state index is 11.7. The van der Waals surface area contributed by atoms with Crippen LogP contribution >= 0.6 is 0 Å². The lowest BCUT2D eigenvalue weighted by molar-refractivity contribution is -0.384. The maximum Gasteiger partial charge on any atom is 0.277 e. The summed E-state index contributed by atoms with van der Waals surface area (Å²) in [7, 11) is 0. The summed E-state index contributed by atoms with van der Waals surface area (Å²) in [6, 6.07) is 10.2. The molecule has 0 spiro atoms. The number of hydrogen-bond donors (Lipinski definition) is 2. The molecule has 0 aromatic heterocycles. The molecule has 2 rings (SSSR count). The molecule has 0 aliphatic heterocycles. The number of benzene rings is 2. The van der Waals surface area contributed by atoms with Gasteiger partial charge in [0.15, 0.2) is 18.1 Å². The van der Waals surface area contributed by atoms with Crippen LogP contribution in [0, 0.1) is 10.1 Å². The number of hydrazone groups is 1. The molecule has 136 valence electrons. The SMILES string of the molecule is CCOc1cc(C=NNC(=O)COc2cccc([N+](=O)[O-])c2)ccc1O. The Kier molecular flexibility index (Phi) is 6.49. The second-order valence-electron chi connectivity index (χ2n) is 5.00. The average molecular weight is 359 g/mol. The number of aromatic hydroxyl groups is 1. The van der Waals surface area contributed by atoms with Gasteiger partial charge in [-0.2, -0.15) is 5.10 Å². The van der Waals surface area contributed by atoms with Crippen molar-refractivity contribution < 1.29 is 24.3 Å². The first kappa shape index (κ1) is 18.7. The fourth-order valence-electron chi connectivity index (χ4n) is 1.93. The Hall–Kier alpha value is -3.62. The number of non-ortho nitro benzene ring substituents is 1. The largest absolute Gasteiger partial charge is 0.504 e. The van der Waals surface area contributed by atoms with Crippen LogP contribution in [-0.2, 0) is 4.79 Å². The highest BCUT2D eigenvalue weighted by Crippen LogP contribution is 2.26. The molecule has 0 unspecified atom stereocenters. The molecule has 26 heavy (non-hydrogen) atoms. The fourth-order valence-corrected chi connectivity index (χ4v) is 1.93. The fraction of sp³-hybridized carbons (Fsp3) is 0.176. The monoisotopic (exact) mass is 359 g/mol. The van der Waals surface area contributed by atoms with E-state index in [2.05, 4.69) is 10.5 Å². The Balaban J connectivity index is 1.87. The minimum atomic E-state index is -0.550. The van der Waals surface area contributed by atoms with E-state index in [1.54, 1.807) is 19.1 Å². The Morgan fingerprint density at radius 2 is 2.12 bits per heavy atom. The number of rotatable bonds is 8. The van der Waals surface area contributed by atoms with Crippen molar-refractivity contribution in [2.24, 2.45) is 5.10 Å². The molecule has 0 atom stereocenters. The molecule has 2 aromatic rings. The van der Waals surface area contributed by atoms with E-state index in [1.165, 1.54) is 36.5 Å². The van der Waals surface area contributed by atoms with E-state index < -0.39 is 10.8 Å². The van der Waals surface area contributed by atoms with Gasteiger partial charge in [-0.1, -0.05) is 6.07 Å². The predicted molar refractivity (Wildman–Crippen MR) is 93.6 cm³/mol. The molecule has 0 saturated heterocycles. The Bertz CT molecular complexity index is 822. The van der Waals surface area contributed by atoms with Crippen molar-refractivity contribution in [1.82, 2.24) is 5.43 Å². The summed E-state index contributed by atoms with van der Waals surface area (Å²) < 4.78 is 10.4. The number of nitrogens with one attached hydrogen (secondary N) is 1. The van der Waals surface area contributed by atoms with Crippen LogP contribution in [0.2, 0.25) is 0 Å². The maximum atomic E-state index is 11.7. The Labute approximate surface area is 149 Å². The number of carbonyl (C=O) groups excluding carboxylic acids is 1. The molecule has 0 aliphatic rings. The van der Waals surface area contributed by atoms with E-state index in [0.717, 1.165) is 0 Å². The molecule has 1 amide bonds. The molecule has 2 aromatic carbocycles. The van der Waals surface area contributed by atoms with Gasteiger partial charge in [-0.25, -0.2) is 5.43 Å². The standard InChI is InChI=1S/C17H17N3O6/c1-2-25-16-8-12(6-7-15(16)21)10-18-19-17(22)11-26-14-5-3-4-13(9-14)20(23)24/h3-10,21H,2,11H2,1H3,(H,19,22). The minimum absolute atomic E-state index is 0.0124. The first-order valence-electron chi connectivity index (χ1n) is 7.64. The van der Waals surface area contributed by atoms with Crippen molar-refractivity contribution in [2.45, 2.75) is 6.92 Å². The van der Waals surface area contributed by atoms with Crippen LogP contribution in [0.25, 0.3) is 0 Å². The summed E-state index contributed by atoms with van der Waals surface area (Å²) in [5.41, 5.74) is 2.76. The molecule has 0 bridgehead atoms. The van der Waals surface area contributed by atoms with E-state index in [9.17, 15) is 20.0 Å². The van der Waals surface area contributed by atoms with Gasteiger partial charge in [0.25, 0.3) is 11.6 Å². The molecule has 0 radical (unpaired) electrons. The molecule has 9 heteroatoms. The second kappa shape index (κ2) is 9.02. The summed E-state index contributed by atoms with van der Waals surface area (Å²) in [5, 5.41) is 24.1. The van der Waals surface area contributed by atoms with Crippen LogP contribution in [0.15, 0.2) is 47.6 Å². The van der Waals surface area contributed by atoms with Crippen molar-refractivity contribution >= 4 is 17.8 Å². The number of carbonyl (C=O) groups is 1. The number of phenolic OH excluding ortho intramolecular Hbond substituents is 1. The number of nitrogens with zero attached hydrogens (tertiary/aromatic N) is 2. The lowest BCUT2D eigenvalue weighted by atomic mass is 10.2. The van der Waals surface area contributed by atoms with Crippen molar-refractivity contribution in [1.29, 1.82) is 0 Å². The Morgan fingerprint density at radius 3 is 2.85 bits per heavy atom. The first-order valence-corrected chi connectivity index (χ1v) is 7.64. The van der Waals surface area contributed by atoms with Gasteiger partial charge in [0.1, 0.15) is 5.75 Å². The van der Waals surface area contributed by atoms with Crippen molar-refractivity contribution in [3.63, 3.8) is 0 Å².